The fourth-order valence-electron chi connectivity index (χ4n) is 2.27. The van der Waals surface area contributed by atoms with Gasteiger partial charge < -0.3 is 14.0 Å². The van der Waals surface area contributed by atoms with Gasteiger partial charge in [0.1, 0.15) is 13.2 Å². The first-order valence-electron chi connectivity index (χ1n) is 7.85. The second-order valence-corrected chi connectivity index (χ2v) is 5.42. The van der Waals surface area contributed by atoms with Crippen LogP contribution in [0.25, 0.3) is 16.3 Å². The van der Waals surface area contributed by atoms with Crippen molar-refractivity contribution in [2.75, 3.05) is 13.2 Å². The zero-order chi connectivity index (χ0) is 16.7. The molecule has 0 radical (unpaired) electrons. The van der Waals surface area contributed by atoms with E-state index in [-0.39, 0.29) is 0 Å². The second-order valence-electron chi connectivity index (χ2n) is 4.54. The van der Waals surface area contributed by atoms with Gasteiger partial charge in [-0.05, 0) is 31.2 Å². The number of aromatic nitrogens is 1. The molecule has 0 saturated carbocycles. The summed E-state index contributed by atoms with van der Waals surface area (Å²) in [6.07, 6.45) is 9.91. The van der Waals surface area contributed by atoms with Gasteiger partial charge in [-0.15, -0.1) is 11.3 Å². The second kappa shape index (κ2) is 8.44. The third-order valence-corrected chi connectivity index (χ3v) is 4.19. The lowest BCUT2D eigenvalue weighted by atomic mass is 10.3. The zero-order valence-electron chi connectivity index (χ0n) is 13.9. The molecule has 0 spiro atoms. The third-order valence-electron chi connectivity index (χ3n) is 3.23. The van der Waals surface area contributed by atoms with Gasteiger partial charge in [-0.3, -0.25) is 0 Å². The van der Waals surface area contributed by atoms with E-state index >= 15 is 0 Å². The van der Waals surface area contributed by atoms with Crippen LogP contribution >= 0.6 is 11.3 Å². The minimum atomic E-state index is 0.597. The Morgan fingerprint density at radius 2 is 2.09 bits per heavy atom. The highest BCUT2D eigenvalue weighted by Gasteiger charge is 2.21. The minimum Gasteiger partial charge on any atom is -0.485 e. The van der Waals surface area contributed by atoms with Crippen molar-refractivity contribution in [3.8, 4) is 22.1 Å². The monoisotopic (exact) mass is 329 g/mol. The lowest BCUT2D eigenvalue weighted by molar-refractivity contribution is 0.174. The average molecular weight is 329 g/mol. The van der Waals surface area contributed by atoms with Crippen LogP contribution < -0.4 is 9.47 Å². The Morgan fingerprint density at radius 3 is 2.83 bits per heavy atom. The summed E-state index contributed by atoms with van der Waals surface area (Å²) < 4.78 is 13.5. The molecule has 3 nitrogen and oxygen atoms in total. The fraction of sp³-hybridized carbons (Fsp3) is 0.263. The Balaban J connectivity index is 0.000000924. The summed E-state index contributed by atoms with van der Waals surface area (Å²) >= 11 is 1.64. The van der Waals surface area contributed by atoms with E-state index in [1.807, 2.05) is 62.7 Å². The molecule has 0 saturated heterocycles. The number of fused-ring (bicyclic) bond motifs is 1. The van der Waals surface area contributed by atoms with E-state index in [4.69, 9.17) is 9.47 Å². The average Bonchev–Trinajstić information content (AvgIpc) is 3.24. The highest BCUT2D eigenvalue weighted by atomic mass is 32.1. The molecular formula is C19H23NO2S. The van der Waals surface area contributed by atoms with Gasteiger partial charge in [0.15, 0.2) is 11.5 Å². The van der Waals surface area contributed by atoms with Crippen molar-refractivity contribution < 1.29 is 9.47 Å². The van der Waals surface area contributed by atoms with Crippen LogP contribution in [0, 0.1) is 0 Å². The van der Waals surface area contributed by atoms with Crippen LogP contribution in [0.15, 0.2) is 54.6 Å². The molecule has 1 aliphatic rings. The summed E-state index contributed by atoms with van der Waals surface area (Å²) in [4.78, 5) is 1.09. The molecule has 0 aromatic carbocycles. The highest BCUT2D eigenvalue weighted by Crippen LogP contribution is 2.46. The summed E-state index contributed by atoms with van der Waals surface area (Å²) in [5, 5.41) is 2.00. The van der Waals surface area contributed by atoms with Crippen molar-refractivity contribution in [1.82, 2.24) is 4.57 Å². The molecule has 0 atom stereocenters. The van der Waals surface area contributed by atoms with Crippen LogP contribution in [0.4, 0.5) is 0 Å². The summed E-state index contributed by atoms with van der Waals surface area (Å²) in [5.74, 6) is 1.69. The molecule has 122 valence electrons. The normalized spacial score (nSPS) is 13.6. The number of thiophene rings is 1. The first kappa shape index (κ1) is 17.2. The maximum absolute atomic E-state index is 5.78. The van der Waals surface area contributed by atoms with Gasteiger partial charge in [0.25, 0.3) is 0 Å². The summed E-state index contributed by atoms with van der Waals surface area (Å²) in [5.41, 5.74) is 2.11. The van der Waals surface area contributed by atoms with Crippen LogP contribution in [0.5, 0.6) is 11.5 Å². The Kier molecular flexibility index (Phi) is 6.29. The molecule has 1 aliphatic heterocycles. The third kappa shape index (κ3) is 3.59. The van der Waals surface area contributed by atoms with Crippen molar-refractivity contribution in [3.63, 3.8) is 0 Å². The number of allylic oxidation sites excluding steroid dienone is 5. The van der Waals surface area contributed by atoms with Crippen LogP contribution in [0.3, 0.4) is 0 Å². The number of ether oxygens (including phenoxy) is 2. The maximum Gasteiger partial charge on any atom is 0.181 e. The largest absolute Gasteiger partial charge is 0.485 e. The number of nitrogens with zero attached hydrogens (tertiary/aromatic N) is 1. The molecule has 2 aromatic rings. The molecule has 4 heteroatoms. The van der Waals surface area contributed by atoms with Gasteiger partial charge in [0.05, 0.1) is 10.6 Å². The van der Waals surface area contributed by atoms with Crippen LogP contribution in [0.1, 0.15) is 20.8 Å². The van der Waals surface area contributed by atoms with Crippen LogP contribution in [0.2, 0.25) is 0 Å². The molecule has 2 aromatic heterocycles. The Bertz CT molecular complexity index is 707. The predicted molar refractivity (Wildman–Crippen MR) is 99.4 cm³/mol. The van der Waals surface area contributed by atoms with Gasteiger partial charge in [-0.25, -0.2) is 0 Å². The topological polar surface area (TPSA) is 23.4 Å². The van der Waals surface area contributed by atoms with Gasteiger partial charge in [-0.1, -0.05) is 32.6 Å². The quantitative estimate of drug-likeness (QED) is 0.680. The van der Waals surface area contributed by atoms with Crippen LogP contribution in [-0.2, 0) is 0 Å². The SMILES string of the molecule is C=C/C(=C\C=C/C)n1cccc1-c1scc2c1OCCO2.CC. The van der Waals surface area contributed by atoms with E-state index < -0.39 is 0 Å². The van der Waals surface area contributed by atoms with Gasteiger partial charge >= 0.3 is 0 Å². The Labute approximate surface area is 142 Å². The molecule has 0 N–H and O–H groups in total. The van der Waals surface area contributed by atoms with Crippen molar-refractivity contribution in [3.05, 3.63) is 54.6 Å². The first-order chi connectivity index (χ1) is 11.3. The molecule has 0 fully saturated rings. The van der Waals surface area contributed by atoms with E-state index in [0.717, 1.165) is 27.8 Å². The van der Waals surface area contributed by atoms with Crippen LogP contribution in [-0.4, -0.2) is 17.8 Å². The molecule has 23 heavy (non-hydrogen) atoms. The molecule has 0 bridgehead atoms. The Morgan fingerprint density at radius 1 is 1.30 bits per heavy atom. The minimum absolute atomic E-state index is 0.597. The van der Waals surface area contributed by atoms with E-state index in [1.54, 1.807) is 11.3 Å². The van der Waals surface area contributed by atoms with Gasteiger partial charge in [-0.2, -0.15) is 0 Å². The van der Waals surface area contributed by atoms with Gasteiger partial charge in [0, 0.05) is 17.3 Å². The summed E-state index contributed by atoms with van der Waals surface area (Å²) in [6, 6.07) is 4.11. The van der Waals surface area contributed by atoms with Crippen molar-refractivity contribution in [2.45, 2.75) is 20.8 Å². The van der Waals surface area contributed by atoms with E-state index in [0.29, 0.717) is 13.2 Å². The first-order valence-corrected chi connectivity index (χ1v) is 8.73. The molecular weight excluding hydrogens is 306 g/mol. The summed E-state index contributed by atoms with van der Waals surface area (Å²) in [6.45, 7) is 11.1. The fourth-order valence-corrected chi connectivity index (χ4v) is 3.23. The number of hydrogen-bond acceptors (Lipinski definition) is 3. The van der Waals surface area contributed by atoms with E-state index in [2.05, 4.69) is 17.2 Å². The van der Waals surface area contributed by atoms with Crippen molar-refractivity contribution in [2.24, 2.45) is 0 Å². The number of rotatable bonds is 4. The molecule has 0 amide bonds. The molecule has 3 rings (SSSR count). The molecule has 0 aliphatic carbocycles. The van der Waals surface area contributed by atoms with Crippen molar-refractivity contribution in [1.29, 1.82) is 0 Å². The number of hydrogen-bond donors (Lipinski definition) is 0. The highest BCUT2D eigenvalue weighted by molar-refractivity contribution is 7.14. The van der Waals surface area contributed by atoms with E-state index in [9.17, 15) is 0 Å². The zero-order valence-corrected chi connectivity index (χ0v) is 14.7. The lowest BCUT2D eigenvalue weighted by Gasteiger charge is -2.17. The molecule has 0 unspecified atom stereocenters. The van der Waals surface area contributed by atoms with E-state index in [1.165, 1.54) is 0 Å². The maximum atomic E-state index is 5.78. The van der Waals surface area contributed by atoms with Gasteiger partial charge in [0.2, 0.25) is 0 Å². The summed E-state index contributed by atoms with van der Waals surface area (Å²) in [7, 11) is 0. The smallest absolute Gasteiger partial charge is 0.181 e. The predicted octanol–water partition coefficient (Wildman–Crippen LogP) is 5.62. The Hall–Kier alpha value is -2.20. The standard InChI is InChI=1S/C17H17NO2S.C2H6/c1-3-5-7-13(4-2)18-9-6-8-14(18)17-16-15(12-21-17)19-10-11-20-16;1-2/h3-9,12H,2,10-11H2,1H3;1-2H3/b5-3-,13-7+;. The molecule has 3 heterocycles. The lowest BCUT2D eigenvalue weighted by Crippen LogP contribution is -2.14. The van der Waals surface area contributed by atoms with Crippen molar-refractivity contribution >= 4 is 17.0 Å².